The zero-order valence-electron chi connectivity index (χ0n) is 5.31. The van der Waals surface area contributed by atoms with Crippen molar-refractivity contribution in [2.45, 2.75) is 26.7 Å². The Morgan fingerprint density at radius 3 is 2.00 bits per heavy atom. The van der Waals surface area contributed by atoms with Crippen LogP contribution < -0.4 is 0 Å². The molecule has 0 heterocycles. The summed E-state index contributed by atoms with van der Waals surface area (Å²) in [5.74, 6) is 0. The van der Waals surface area contributed by atoms with E-state index < -0.39 is 0 Å². The molecule has 0 saturated carbocycles. The van der Waals surface area contributed by atoms with Gasteiger partial charge < -0.3 is 0 Å². The summed E-state index contributed by atoms with van der Waals surface area (Å²) in [7, 11) is 0. The molecule has 0 spiro atoms. The maximum atomic E-state index is 2.62. The molecule has 0 fully saturated rings. The summed E-state index contributed by atoms with van der Waals surface area (Å²) in [6.07, 6.45) is 2.47. The molecule has 2 heteroatoms. The van der Waals surface area contributed by atoms with E-state index in [-0.39, 0.29) is 0 Å². The number of hydrogen-bond donors (Lipinski definition) is 0. The summed E-state index contributed by atoms with van der Waals surface area (Å²) in [4.78, 5) is 0. The first kappa shape index (κ1) is 8.91. The summed E-state index contributed by atoms with van der Waals surface area (Å²) in [5.41, 5.74) is 0. The topological polar surface area (TPSA) is 0 Å². The van der Waals surface area contributed by atoms with E-state index in [4.69, 9.17) is 0 Å². The van der Waals surface area contributed by atoms with Gasteiger partial charge in [0.15, 0.2) is 0 Å². The SMILES string of the molecule is CCC[C](=[V])[C](C)=[V]. The average molecular weight is 184 g/mol. The van der Waals surface area contributed by atoms with Gasteiger partial charge in [0.25, 0.3) is 0 Å². The summed E-state index contributed by atoms with van der Waals surface area (Å²) in [6.45, 7) is 4.33. The van der Waals surface area contributed by atoms with Crippen LogP contribution in [0.25, 0.3) is 0 Å². The van der Waals surface area contributed by atoms with Crippen molar-refractivity contribution in [2.24, 2.45) is 0 Å². The van der Waals surface area contributed by atoms with Gasteiger partial charge in [-0.15, -0.1) is 0 Å². The van der Waals surface area contributed by atoms with E-state index in [1.807, 2.05) is 0 Å². The Labute approximate surface area is 69.0 Å². The van der Waals surface area contributed by atoms with E-state index in [9.17, 15) is 0 Å². The Morgan fingerprint density at radius 2 is 1.88 bits per heavy atom. The maximum absolute atomic E-state index is 2.62. The van der Waals surface area contributed by atoms with Crippen molar-refractivity contribution in [3.8, 4) is 0 Å². The normalized spacial score (nSPS) is 8.50. The Hall–Kier alpha value is 0.909. The van der Waals surface area contributed by atoms with Gasteiger partial charge in [0.1, 0.15) is 0 Å². The van der Waals surface area contributed by atoms with Crippen molar-refractivity contribution < 1.29 is 34.0 Å². The third-order valence-electron chi connectivity index (χ3n) is 0.904. The molecule has 0 amide bonds. The molecule has 44 valence electrons. The molecule has 0 N–H and O–H groups in total. The van der Waals surface area contributed by atoms with E-state index >= 15 is 0 Å². The minimum atomic E-state index is 1.22. The Balaban J connectivity index is 3.49. The zero-order chi connectivity index (χ0) is 6.57. The molecule has 0 aliphatic rings. The van der Waals surface area contributed by atoms with Crippen LogP contribution in [-0.4, -0.2) is 8.45 Å². The second kappa shape index (κ2) is 4.76. The number of hydrogen-bond acceptors (Lipinski definition) is 0. The van der Waals surface area contributed by atoms with Crippen molar-refractivity contribution in [1.29, 1.82) is 0 Å². The molecule has 0 rings (SSSR count). The van der Waals surface area contributed by atoms with Gasteiger partial charge in [0.05, 0.1) is 0 Å². The first-order valence-electron chi connectivity index (χ1n) is 2.76. The van der Waals surface area contributed by atoms with Crippen molar-refractivity contribution in [3.05, 3.63) is 0 Å². The number of rotatable bonds is 3. The Kier molecular flexibility index (Phi) is 5.30. The van der Waals surface area contributed by atoms with Crippen LogP contribution in [-0.2, 0) is 34.0 Å². The molecule has 0 aliphatic carbocycles. The van der Waals surface area contributed by atoms with Gasteiger partial charge in [-0.05, 0) is 0 Å². The van der Waals surface area contributed by atoms with Crippen LogP contribution in [0, 0.1) is 0 Å². The third kappa shape index (κ3) is 3.86. The van der Waals surface area contributed by atoms with Crippen LogP contribution >= 0.6 is 0 Å². The summed E-state index contributed by atoms with van der Waals surface area (Å²) in [6, 6.07) is 0. The molecule has 0 bridgehead atoms. The molecule has 0 aromatic rings. The third-order valence-corrected chi connectivity index (χ3v) is 2.65. The minimum absolute atomic E-state index is 1.22. The molecular weight excluding hydrogens is 174 g/mol. The van der Waals surface area contributed by atoms with Gasteiger partial charge in [0.2, 0.25) is 0 Å². The second-order valence-electron chi connectivity index (χ2n) is 1.78. The monoisotopic (exact) mass is 184 g/mol. The Morgan fingerprint density at radius 1 is 1.38 bits per heavy atom. The van der Waals surface area contributed by atoms with Gasteiger partial charge in [-0.25, -0.2) is 0 Å². The van der Waals surface area contributed by atoms with E-state index in [1.54, 1.807) is 0 Å². The Bertz CT molecular complexity index is 105. The van der Waals surface area contributed by atoms with Gasteiger partial charge in [-0.3, -0.25) is 0 Å². The van der Waals surface area contributed by atoms with Crippen LogP contribution in [0.5, 0.6) is 0 Å². The molecule has 8 heavy (non-hydrogen) atoms. The summed E-state index contributed by atoms with van der Waals surface area (Å²) >= 11 is 5.19. The average Bonchev–Trinajstić information content (AvgIpc) is 1.67. The molecule has 0 aromatic carbocycles. The summed E-state index contributed by atoms with van der Waals surface area (Å²) < 4.78 is 2.85. The van der Waals surface area contributed by atoms with Gasteiger partial charge >= 0.3 is 69.1 Å². The predicted octanol–water partition coefficient (Wildman–Crippen LogP) is 1.24. The fourth-order valence-electron chi connectivity index (χ4n) is 0.418. The molecule has 0 aromatic heterocycles. The zero-order valence-corrected chi connectivity index (χ0v) is 8.10. The molecule has 0 saturated heterocycles. The fraction of sp³-hybridized carbons (Fsp3) is 0.667. The van der Waals surface area contributed by atoms with E-state index in [2.05, 4.69) is 47.8 Å². The predicted molar refractivity (Wildman–Crippen MR) is 30.6 cm³/mol. The van der Waals surface area contributed by atoms with E-state index in [0.717, 1.165) is 0 Å². The first-order valence-corrected chi connectivity index (χ1v) is 4.15. The van der Waals surface area contributed by atoms with Gasteiger partial charge in [-0.2, -0.15) is 0 Å². The molecule has 0 unspecified atom stereocenters. The van der Waals surface area contributed by atoms with Crippen LogP contribution in [0.3, 0.4) is 0 Å². The molecular formula is C6H10V2. The second-order valence-corrected chi connectivity index (χ2v) is 3.67. The molecule has 0 atom stereocenters. The van der Waals surface area contributed by atoms with Gasteiger partial charge in [-0.1, -0.05) is 0 Å². The van der Waals surface area contributed by atoms with Crippen molar-refractivity contribution in [2.75, 3.05) is 0 Å². The van der Waals surface area contributed by atoms with Crippen molar-refractivity contribution >= 4 is 8.45 Å². The quantitative estimate of drug-likeness (QED) is 0.619. The van der Waals surface area contributed by atoms with Crippen LogP contribution in [0.1, 0.15) is 26.7 Å². The van der Waals surface area contributed by atoms with Crippen LogP contribution in [0.4, 0.5) is 0 Å². The van der Waals surface area contributed by atoms with E-state index in [0.29, 0.717) is 0 Å². The summed E-state index contributed by atoms with van der Waals surface area (Å²) in [5, 5.41) is 0. The van der Waals surface area contributed by atoms with Crippen LogP contribution in [0.2, 0.25) is 0 Å². The molecule has 0 aliphatic heterocycles. The van der Waals surface area contributed by atoms with Crippen LogP contribution in [0.15, 0.2) is 0 Å². The first-order chi connectivity index (χ1) is 3.68. The fourth-order valence-corrected chi connectivity index (χ4v) is 0.941. The van der Waals surface area contributed by atoms with E-state index in [1.165, 1.54) is 21.3 Å². The van der Waals surface area contributed by atoms with Gasteiger partial charge in [0, 0.05) is 0 Å². The standard InChI is InChI=1S/C6H10.2V/c1-3-5-6-4-2;;/h3,5H2,1-2H3;;. The van der Waals surface area contributed by atoms with Crippen molar-refractivity contribution in [1.82, 2.24) is 0 Å². The molecule has 0 nitrogen and oxygen atoms in total. The van der Waals surface area contributed by atoms with Crippen molar-refractivity contribution in [3.63, 3.8) is 0 Å². The molecule has 0 radical (unpaired) electrons.